The number of nitrogens with zero attached hydrogens (tertiary/aromatic N) is 2. The first-order valence-electron chi connectivity index (χ1n) is 22.2. The summed E-state index contributed by atoms with van der Waals surface area (Å²) in [4.78, 5) is 5.48. The number of benzene rings is 9. The number of hydrogen-bond donors (Lipinski definition) is 1. The Kier molecular flexibility index (Phi) is 8.19. The van der Waals surface area contributed by atoms with Crippen LogP contribution in [0.1, 0.15) is 45.4 Å². The highest BCUT2D eigenvalue weighted by Gasteiger charge is 2.51. The smallest absolute Gasteiger partial charge is 0.138 e. The lowest BCUT2D eigenvalue weighted by Crippen LogP contribution is -2.28. The van der Waals surface area contributed by atoms with Gasteiger partial charge < -0.3 is 9.88 Å². The maximum Gasteiger partial charge on any atom is 0.138 e. The van der Waals surface area contributed by atoms with Crippen molar-refractivity contribution < 1.29 is 0 Å². The molecular weight excluding hydrogens is 775 g/mol. The van der Waals surface area contributed by atoms with Crippen LogP contribution in [-0.2, 0) is 5.41 Å². The number of rotatable bonds is 5. The molecule has 13 rings (SSSR count). The van der Waals surface area contributed by atoms with Crippen molar-refractivity contribution in [1.29, 1.82) is 0 Å². The van der Waals surface area contributed by atoms with E-state index in [0.717, 1.165) is 46.0 Å². The lowest BCUT2D eigenvalue weighted by molar-refractivity contribution is 0.793. The van der Waals surface area contributed by atoms with Gasteiger partial charge in [0, 0.05) is 27.7 Å². The highest BCUT2D eigenvalue weighted by Crippen LogP contribution is 2.63. The van der Waals surface area contributed by atoms with E-state index in [1.807, 2.05) is 0 Å². The van der Waals surface area contributed by atoms with E-state index < -0.39 is 5.41 Å². The first-order chi connectivity index (χ1) is 31.7. The Labute approximate surface area is 372 Å². The normalized spacial score (nSPS) is 15.2. The largest absolute Gasteiger partial charge is 0.339 e. The minimum Gasteiger partial charge on any atom is -0.339 e. The number of nitrogens with one attached hydrogen (secondary N) is 1. The number of amidine groups is 1. The Morgan fingerprint density at radius 2 is 0.922 bits per heavy atom. The van der Waals surface area contributed by atoms with E-state index in [9.17, 15) is 0 Å². The molecule has 0 fully saturated rings. The van der Waals surface area contributed by atoms with Crippen molar-refractivity contribution in [3.05, 3.63) is 269 Å². The molecule has 2 heterocycles. The van der Waals surface area contributed by atoms with Crippen molar-refractivity contribution in [1.82, 2.24) is 9.88 Å². The van der Waals surface area contributed by atoms with Crippen molar-refractivity contribution in [3.63, 3.8) is 0 Å². The average molecular weight is 816 g/mol. The van der Waals surface area contributed by atoms with Crippen LogP contribution >= 0.6 is 0 Å². The molecule has 300 valence electrons. The van der Waals surface area contributed by atoms with E-state index in [1.165, 1.54) is 77.4 Å². The summed E-state index contributed by atoms with van der Waals surface area (Å²) in [5, 5.41) is 6.35. The molecule has 0 saturated carbocycles. The van der Waals surface area contributed by atoms with Gasteiger partial charge in [0.05, 0.1) is 22.1 Å². The van der Waals surface area contributed by atoms with Crippen LogP contribution in [0, 0.1) is 0 Å². The van der Waals surface area contributed by atoms with E-state index in [-0.39, 0.29) is 0 Å². The molecule has 3 heteroatoms. The van der Waals surface area contributed by atoms with Crippen molar-refractivity contribution in [3.8, 4) is 39.1 Å². The predicted molar refractivity (Wildman–Crippen MR) is 266 cm³/mol. The Morgan fingerprint density at radius 1 is 0.391 bits per heavy atom. The summed E-state index contributed by atoms with van der Waals surface area (Å²) in [7, 11) is 0. The molecule has 0 saturated heterocycles. The van der Waals surface area contributed by atoms with E-state index in [1.54, 1.807) is 0 Å². The fraction of sp³-hybridized carbons (Fsp3) is 0.0328. The van der Waals surface area contributed by atoms with Crippen molar-refractivity contribution in [2.24, 2.45) is 4.99 Å². The second kappa shape index (κ2) is 14.4. The lowest BCUT2D eigenvalue weighted by atomic mass is 9.70. The Hall–Kier alpha value is -8.27. The van der Waals surface area contributed by atoms with Crippen LogP contribution in [0.15, 0.2) is 236 Å². The zero-order chi connectivity index (χ0) is 42.2. The fourth-order valence-corrected chi connectivity index (χ4v) is 10.9. The molecule has 1 N–H and O–H groups in total. The van der Waals surface area contributed by atoms with Crippen LogP contribution in [0.2, 0.25) is 0 Å². The second-order valence-corrected chi connectivity index (χ2v) is 17.0. The summed E-state index contributed by atoms with van der Waals surface area (Å²) >= 11 is 0. The van der Waals surface area contributed by atoms with Crippen molar-refractivity contribution in [2.45, 2.75) is 11.8 Å². The van der Waals surface area contributed by atoms with Gasteiger partial charge >= 0.3 is 0 Å². The summed E-state index contributed by atoms with van der Waals surface area (Å²) in [5.41, 5.74) is 21.0. The van der Waals surface area contributed by atoms with Crippen LogP contribution in [0.3, 0.4) is 0 Å². The molecule has 1 spiro atoms. The second-order valence-electron chi connectivity index (χ2n) is 17.0. The minimum atomic E-state index is -0.546. The molecule has 9 aromatic carbocycles. The van der Waals surface area contributed by atoms with Crippen LogP contribution in [0.4, 0.5) is 0 Å². The zero-order valence-corrected chi connectivity index (χ0v) is 35.0. The third-order valence-electron chi connectivity index (χ3n) is 13.7. The van der Waals surface area contributed by atoms with E-state index >= 15 is 0 Å². The lowest BCUT2D eigenvalue weighted by Gasteiger charge is -2.31. The third-order valence-corrected chi connectivity index (χ3v) is 13.7. The van der Waals surface area contributed by atoms with Gasteiger partial charge in [0.25, 0.3) is 0 Å². The number of fused-ring (bicyclic) bond motifs is 13. The van der Waals surface area contributed by atoms with Crippen LogP contribution in [-0.4, -0.2) is 10.4 Å². The quantitative estimate of drug-likeness (QED) is 0.184. The summed E-state index contributed by atoms with van der Waals surface area (Å²) in [6.07, 6.45) is 5.28. The summed E-state index contributed by atoms with van der Waals surface area (Å²) in [5.74, 6) is 0.821. The van der Waals surface area contributed by atoms with Crippen LogP contribution in [0.25, 0.3) is 72.3 Å². The van der Waals surface area contributed by atoms with Gasteiger partial charge in [-0.05, 0) is 116 Å². The first kappa shape index (κ1) is 36.4. The maximum atomic E-state index is 5.48. The van der Waals surface area contributed by atoms with Gasteiger partial charge in [-0.15, -0.1) is 0 Å². The molecule has 1 aromatic heterocycles. The van der Waals surface area contributed by atoms with Crippen molar-refractivity contribution in [2.75, 3.05) is 0 Å². The van der Waals surface area contributed by atoms with Crippen LogP contribution < -0.4 is 5.32 Å². The number of aromatic nitrogens is 1. The van der Waals surface area contributed by atoms with E-state index in [0.29, 0.717) is 0 Å². The SMILES string of the molecule is C1=C(c2ccccc2)N=C(c2ccc3c(c2)C2(c4ccccc4-c4ccccc42)c2cc(-c4ccc5c(c4)c4ccccc4n5-c4ccccc4)ccc2-3)N/C(c2ccccc2)=C/C1. The molecular formula is C61H41N3. The molecule has 3 nitrogen and oxygen atoms in total. The fourth-order valence-electron chi connectivity index (χ4n) is 10.9. The average Bonchev–Trinajstić information content (AvgIpc) is 3.96. The van der Waals surface area contributed by atoms with Gasteiger partial charge in [-0.25, -0.2) is 4.99 Å². The van der Waals surface area contributed by atoms with Gasteiger partial charge in [0.2, 0.25) is 0 Å². The molecule has 64 heavy (non-hydrogen) atoms. The molecule has 0 unspecified atom stereocenters. The standard InChI is InChI=1S/C61H41N3/c1-4-17-40(18-5-1)56-28-16-29-57(41-19-6-2-7-20-41)63-60(62-56)44-32-35-49-48-34-31-43(38-54(48)61(55(49)39-44)52-26-13-10-23-46(52)47-24-11-14-27-53(47)61)42-33-36-59-51(37-42)50-25-12-15-30-58(50)64(59)45-21-8-3-9-22-45/h1-15,17-39H,16H2,(H,62,63)/b56-28+,57-29?. The van der Waals surface area contributed by atoms with Gasteiger partial charge in [0.1, 0.15) is 5.84 Å². The Bertz CT molecular complexity index is 3540. The van der Waals surface area contributed by atoms with E-state index in [4.69, 9.17) is 4.99 Å². The minimum absolute atomic E-state index is 0.546. The molecule has 0 bridgehead atoms. The molecule has 1 aliphatic heterocycles. The first-order valence-corrected chi connectivity index (χ1v) is 22.2. The monoisotopic (exact) mass is 815 g/mol. The molecule has 2 aliphatic carbocycles. The van der Waals surface area contributed by atoms with E-state index in [2.05, 4.69) is 240 Å². The van der Waals surface area contributed by atoms with Gasteiger partial charge in [0.15, 0.2) is 0 Å². The van der Waals surface area contributed by atoms with Gasteiger partial charge in [-0.3, -0.25) is 0 Å². The maximum absolute atomic E-state index is 5.48. The molecule has 10 aromatic rings. The molecule has 0 amide bonds. The van der Waals surface area contributed by atoms with Crippen molar-refractivity contribution >= 4 is 39.0 Å². The molecule has 0 radical (unpaired) electrons. The van der Waals surface area contributed by atoms with Gasteiger partial charge in [-0.2, -0.15) is 0 Å². The number of aliphatic imine (C=N–C) groups is 1. The number of para-hydroxylation sites is 2. The predicted octanol–water partition coefficient (Wildman–Crippen LogP) is 14.6. The third kappa shape index (κ3) is 5.44. The zero-order valence-electron chi connectivity index (χ0n) is 35.0. The molecule has 0 atom stereocenters. The highest BCUT2D eigenvalue weighted by molar-refractivity contribution is 6.11. The molecule has 3 aliphatic rings. The summed E-state index contributed by atoms with van der Waals surface area (Å²) in [6.45, 7) is 0. The van der Waals surface area contributed by atoms with Gasteiger partial charge in [-0.1, -0.05) is 188 Å². The number of hydrogen-bond acceptors (Lipinski definition) is 2. The highest BCUT2D eigenvalue weighted by atomic mass is 15.0. The summed E-state index contributed by atoms with van der Waals surface area (Å²) < 4.78 is 2.39. The topological polar surface area (TPSA) is 29.3 Å². The Morgan fingerprint density at radius 3 is 1.64 bits per heavy atom. The summed E-state index contributed by atoms with van der Waals surface area (Å²) in [6, 6.07) is 79.9. The number of allylic oxidation sites excluding steroid dienone is 2. The van der Waals surface area contributed by atoms with Crippen LogP contribution in [0.5, 0.6) is 0 Å². The Balaban J connectivity index is 1.02.